The Labute approximate surface area is 179 Å². The van der Waals surface area contributed by atoms with Gasteiger partial charge in [0, 0.05) is 41.7 Å². The number of aliphatic hydroxyl groups is 1. The van der Waals surface area contributed by atoms with E-state index < -0.39 is 6.10 Å². The van der Waals surface area contributed by atoms with Crippen LogP contribution >= 0.6 is 0 Å². The molecule has 162 valence electrons. The molecule has 0 aliphatic heterocycles. The average molecular weight is 423 g/mol. The minimum Gasteiger partial charge on any atom is -0.494 e. The lowest BCUT2D eigenvalue weighted by Crippen LogP contribution is -2.22. The first-order valence-corrected chi connectivity index (χ1v) is 10.6. The number of pyridine rings is 1. The van der Waals surface area contributed by atoms with Crippen LogP contribution in [0, 0.1) is 5.92 Å². The van der Waals surface area contributed by atoms with Crippen molar-refractivity contribution in [3.8, 4) is 16.9 Å². The van der Waals surface area contributed by atoms with E-state index in [1.807, 2.05) is 12.3 Å². The fraction of sp³-hybridized carbons (Fsp3) is 0.455. The van der Waals surface area contributed by atoms with Gasteiger partial charge in [0.05, 0.1) is 19.3 Å². The summed E-state index contributed by atoms with van der Waals surface area (Å²) >= 11 is 0. The number of anilines is 1. The Morgan fingerprint density at radius 1 is 1.26 bits per heavy atom. The van der Waals surface area contributed by atoms with E-state index in [0.717, 1.165) is 48.7 Å². The van der Waals surface area contributed by atoms with Gasteiger partial charge < -0.3 is 19.9 Å². The molecule has 5 rings (SSSR count). The lowest BCUT2D eigenvalue weighted by Gasteiger charge is -2.15. The van der Waals surface area contributed by atoms with Gasteiger partial charge in [-0.1, -0.05) is 0 Å². The van der Waals surface area contributed by atoms with Crippen LogP contribution in [-0.4, -0.2) is 49.9 Å². The quantitative estimate of drug-likeness (QED) is 0.601. The van der Waals surface area contributed by atoms with E-state index in [1.54, 1.807) is 30.1 Å². The number of carbonyl (C=O) groups excluding carboxylic acids is 1. The summed E-state index contributed by atoms with van der Waals surface area (Å²) in [5.74, 6) is 1.82. The summed E-state index contributed by atoms with van der Waals surface area (Å²) in [5, 5.41) is 17.2. The highest BCUT2D eigenvalue weighted by atomic mass is 16.5. The molecular formula is C22H25N5O4. The summed E-state index contributed by atoms with van der Waals surface area (Å²) in [6.45, 7) is 0.269. The Morgan fingerprint density at radius 3 is 2.74 bits per heavy atom. The van der Waals surface area contributed by atoms with Crippen LogP contribution in [0.3, 0.4) is 0 Å². The van der Waals surface area contributed by atoms with Crippen molar-refractivity contribution >= 4 is 17.2 Å². The molecule has 2 N–H and O–H groups in total. The third-order valence-electron chi connectivity index (χ3n) is 5.86. The summed E-state index contributed by atoms with van der Waals surface area (Å²) in [4.78, 5) is 20.9. The molecule has 3 aromatic rings. The minimum atomic E-state index is -0.398. The number of rotatable bonds is 7. The Balaban J connectivity index is 1.35. The molecule has 3 heterocycles. The normalized spacial score (nSPS) is 20.8. The largest absolute Gasteiger partial charge is 0.494 e. The first kappa shape index (κ1) is 19.9. The number of carbonyl (C=O) groups is 1. The molecule has 0 saturated heterocycles. The van der Waals surface area contributed by atoms with E-state index >= 15 is 0 Å². The van der Waals surface area contributed by atoms with Crippen molar-refractivity contribution in [2.24, 2.45) is 5.92 Å². The maximum Gasteiger partial charge on any atom is 0.228 e. The molecule has 0 unspecified atom stereocenters. The van der Waals surface area contributed by atoms with E-state index in [4.69, 9.17) is 9.47 Å². The van der Waals surface area contributed by atoms with E-state index in [1.165, 1.54) is 0 Å². The van der Waals surface area contributed by atoms with Crippen molar-refractivity contribution in [1.29, 1.82) is 0 Å². The van der Waals surface area contributed by atoms with Gasteiger partial charge in [0.25, 0.3) is 0 Å². The van der Waals surface area contributed by atoms with Crippen molar-refractivity contribution < 1.29 is 19.4 Å². The van der Waals surface area contributed by atoms with E-state index in [9.17, 15) is 9.90 Å². The number of fused-ring (bicyclic) bond motifs is 1. The van der Waals surface area contributed by atoms with Gasteiger partial charge in [-0.05, 0) is 38.2 Å². The van der Waals surface area contributed by atoms with Crippen LogP contribution in [0.15, 0.2) is 30.7 Å². The van der Waals surface area contributed by atoms with Crippen LogP contribution in [0.1, 0.15) is 37.9 Å². The second kappa shape index (κ2) is 8.24. The third kappa shape index (κ3) is 4.11. The van der Waals surface area contributed by atoms with Crippen LogP contribution < -0.4 is 10.1 Å². The van der Waals surface area contributed by atoms with Gasteiger partial charge in [-0.2, -0.15) is 0 Å². The molecule has 31 heavy (non-hydrogen) atoms. The van der Waals surface area contributed by atoms with E-state index in [0.29, 0.717) is 17.4 Å². The number of hydrogen-bond acceptors (Lipinski definition) is 7. The highest BCUT2D eigenvalue weighted by Gasteiger charge is 2.30. The Bertz CT molecular complexity index is 1090. The van der Waals surface area contributed by atoms with Crippen molar-refractivity contribution in [3.05, 3.63) is 36.5 Å². The molecule has 2 atom stereocenters. The molecule has 0 radical (unpaired) electrons. The van der Waals surface area contributed by atoms with Crippen LogP contribution in [0.4, 0.5) is 5.82 Å². The SMILES string of the molecule is COc1c(-c2cnc(CO[C@H]3CCC[C@@H]3O)nc2)ccn2nc(NC(=O)C3CC3)cc12. The molecule has 0 bridgehead atoms. The topological polar surface area (TPSA) is 111 Å². The smallest absolute Gasteiger partial charge is 0.228 e. The number of methoxy groups -OCH3 is 1. The lowest BCUT2D eigenvalue weighted by atomic mass is 10.1. The predicted molar refractivity (Wildman–Crippen MR) is 113 cm³/mol. The number of aliphatic hydroxyl groups excluding tert-OH is 1. The first-order valence-electron chi connectivity index (χ1n) is 10.6. The van der Waals surface area contributed by atoms with Crippen LogP contribution in [0.25, 0.3) is 16.6 Å². The fourth-order valence-corrected chi connectivity index (χ4v) is 3.96. The molecule has 9 heteroatoms. The van der Waals surface area contributed by atoms with Crippen molar-refractivity contribution in [3.63, 3.8) is 0 Å². The number of hydrogen-bond donors (Lipinski definition) is 2. The van der Waals surface area contributed by atoms with Crippen LogP contribution in [0.5, 0.6) is 5.75 Å². The van der Waals surface area contributed by atoms with Gasteiger partial charge in [-0.3, -0.25) is 4.79 Å². The summed E-state index contributed by atoms with van der Waals surface area (Å²) in [6.07, 6.45) is 9.26. The highest BCUT2D eigenvalue weighted by Crippen LogP contribution is 2.35. The fourth-order valence-electron chi connectivity index (χ4n) is 3.96. The maximum absolute atomic E-state index is 12.0. The molecule has 3 aromatic heterocycles. The molecule has 9 nitrogen and oxygen atoms in total. The molecule has 0 aromatic carbocycles. The van der Waals surface area contributed by atoms with Gasteiger partial charge in [-0.25, -0.2) is 14.5 Å². The van der Waals surface area contributed by atoms with E-state index in [-0.39, 0.29) is 24.5 Å². The average Bonchev–Trinajstić information content (AvgIpc) is 3.44. The summed E-state index contributed by atoms with van der Waals surface area (Å²) in [7, 11) is 1.60. The van der Waals surface area contributed by atoms with Gasteiger partial charge in [-0.15, -0.1) is 5.10 Å². The third-order valence-corrected chi connectivity index (χ3v) is 5.86. The van der Waals surface area contributed by atoms with Gasteiger partial charge >= 0.3 is 0 Å². The van der Waals surface area contributed by atoms with Crippen LogP contribution in [-0.2, 0) is 16.1 Å². The molecule has 1 amide bonds. The molecule has 2 saturated carbocycles. The monoisotopic (exact) mass is 423 g/mol. The van der Waals surface area contributed by atoms with E-state index in [2.05, 4.69) is 20.4 Å². The van der Waals surface area contributed by atoms with Gasteiger partial charge in [0.2, 0.25) is 5.91 Å². The maximum atomic E-state index is 12.0. The molecule has 2 aliphatic carbocycles. The van der Waals surface area contributed by atoms with Crippen molar-refractivity contribution in [2.75, 3.05) is 12.4 Å². The Kier molecular flexibility index (Phi) is 5.29. The summed E-state index contributed by atoms with van der Waals surface area (Å²) in [6, 6.07) is 3.69. The second-order valence-electron chi connectivity index (χ2n) is 8.12. The van der Waals surface area contributed by atoms with Crippen LogP contribution in [0.2, 0.25) is 0 Å². The number of ether oxygens (including phenoxy) is 2. The highest BCUT2D eigenvalue weighted by molar-refractivity contribution is 5.94. The zero-order valence-corrected chi connectivity index (χ0v) is 17.3. The standard InChI is InChI=1S/C22H25N5O4/c1-30-21-15(7-8-27-16(21)9-19(26-27)25-22(29)13-5-6-13)14-10-23-20(24-11-14)12-31-18-4-2-3-17(18)28/h7-11,13,17-18,28H,2-6,12H2,1H3,(H,25,26,29)/t17-,18-/m0/s1. The van der Waals surface area contributed by atoms with Gasteiger partial charge in [0.15, 0.2) is 17.4 Å². The van der Waals surface area contributed by atoms with Crippen molar-refractivity contribution in [2.45, 2.75) is 50.9 Å². The lowest BCUT2D eigenvalue weighted by molar-refractivity contribution is -0.117. The van der Waals surface area contributed by atoms with Gasteiger partial charge in [0.1, 0.15) is 12.1 Å². The zero-order chi connectivity index (χ0) is 21.4. The molecule has 2 aliphatic rings. The predicted octanol–water partition coefficient (Wildman–Crippen LogP) is 2.58. The molecule has 0 spiro atoms. The number of nitrogens with one attached hydrogen (secondary N) is 1. The summed E-state index contributed by atoms with van der Waals surface area (Å²) < 4.78 is 13.1. The molecule has 2 fully saturated rings. The number of amides is 1. The Hall–Kier alpha value is -3.04. The Morgan fingerprint density at radius 2 is 2.06 bits per heavy atom. The minimum absolute atomic E-state index is 0.0129. The zero-order valence-electron chi connectivity index (χ0n) is 17.3. The first-order chi connectivity index (χ1) is 15.1. The second-order valence-corrected chi connectivity index (χ2v) is 8.12. The summed E-state index contributed by atoms with van der Waals surface area (Å²) in [5.41, 5.74) is 2.37. The molecular weight excluding hydrogens is 398 g/mol. The van der Waals surface area contributed by atoms with Crippen molar-refractivity contribution in [1.82, 2.24) is 19.6 Å². The number of aromatic nitrogens is 4. The number of nitrogens with zero attached hydrogens (tertiary/aromatic N) is 4.